The first-order valence-corrected chi connectivity index (χ1v) is 9.33. The third-order valence-electron chi connectivity index (χ3n) is 4.92. The second kappa shape index (κ2) is 9.70. The summed E-state index contributed by atoms with van der Waals surface area (Å²) in [5.74, 6) is -1.17. The van der Waals surface area contributed by atoms with E-state index in [1.165, 1.54) is 0 Å². The summed E-state index contributed by atoms with van der Waals surface area (Å²) < 4.78 is 5.19. The molecule has 0 spiro atoms. The van der Waals surface area contributed by atoms with Crippen LogP contribution in [0.15, 0.2) is 60.7 Å². The highest BCUT2D eigenvalue weighted by Gasteiger charge is 2.30. The van der Waals surface area contributed by atoms with Crippen molar-refractivity contribution >= 4 is 11.9 Å². The Hall–Kier alpha value is -3.13. The number of hydrogen-bond donors (Lipinski definition) is 1. The van der Waals surface area contributed by atoms with Crippen molar-refractivity contribution in [3.63, 3.8) is 0 Å². The van der Waals surface area contributed by atoms with Crippen LogP contribution in [0.3, 0.4) is 0 Å². The Balaban J connectivity index is 2.01. The number of ether oxygens (including phenoxy) is 1. The number of nitrogens with one attached hydrogen (secondary N) is 1. The molecule has 0 unspecified atom stereocenters. The standard InChI is InChI=1S/C23H26N2O3/c1-17(2)23(3,16-24)25-21(26)15-28-22(27)14-20(18-10-6-4-7-11-18)19-12-8-5-9-13-19/h4-13,17,20H,14-15H2,1-3H3,(H,25,26)/t23-/m0/s1. The number of benzene rings is 2. The molecule has 1 atom stereocenters. The van der Waals surface area contributed by atoms with Gasteiger partial charge in [0.05, 0.1) is 12.5 Å². The molecule has 0 saturated heterocycles. The lowest BCUT2D eigenvalue weighted by Crippen LogP contribution is -2.50. The number of esters is 1. The molecule has 2 aromatic rings. The number of nitriles is 1. The Morgan fingerprint density at radius 2 is 1.54 bits per heavy atom. The van der Waals surface area contributed by atoms with Crippen molar-refractivity contribution in [1.29, 1.82) is 5.26 Å². The molecule has 28 heavy (non-hydrogen) atoms. The average molecular weight is 378 g/mol. The first kappa shape index (κ1) is 21.2. The van der Waals surface area contributed by atoms with Crippen LogP contribution in [-0.2, 0) is 14.3 Å². The summed E-state index contributed by atoms with van der Waals surface area (Å²) in [6.45, 7) is 4.94. The summed E-state index contributed by atoms with van der Waals surface area (Å²) >= 11 is 0. The molecule has 5 heteroatoms. The summed E-state index contributed by atoms with van der Waals surface area (Å²) in [5.41, 5.74) is 1.01. The van der Waals surface area contributed by atoms with Gasteiger partial charge in [0.1, 0.15) is 5.54 Å². The van der Waals surface area contributed by atoms with E-state index in [2.05, 4.69) is 11.4 Å². The second-order valence-electron chi connectivity index (χ2n) is 7.26. The highest BCUT2D eigenvalue weighted by atomic mass is 16.5. The molecule has 5 nitrogen and oxygen atoms in total. The van der Waals surface area contributed by atoms with Gasteiger partial charge in [-0.2, -0.15) is 5.26 Å². The van der Waals surface area contributed by atoms with Crippen molar-refractivity contribution in [3.8, 4) is 6.07 Å². The molecule has 0 aromatic heterocycles. The molecule has 0 saturated carbocycles. The number of hydrogen-bond acceptors (Lipinski definition) is 4. The minimum Gasteiger partial charge on any atom is -0.456 e. The molecule has 0 aliphatic rings. The zero-order chi connectivity index (χ0) is 20.6. The van der Waals surface area contributed by atoms with Crippen LogP contribution in [0.25, 0.3) is 0 Å². The van der Waals surface area contributed by atoms with Crippen LogP contribution in [0, 0.1) is 17.2 Å². The molecule has 2 rings (SSSR count). The summed E-state index contributed by atoms with van der Waals surface area (Å²) in [7, 11) is 0. The average Bonchev–Trinajstić information content (AvgIpc) is 2.71. The zero-order valence-corrected chi connectivity index (χ0v) is 16.5. The van der Waals surface area contributed by atoms with Gasteiger partial charge >= 0.3 is 5.97 Å². The van der Waals surface area contributed by atoms with Gasteiger partial charge in [-0.05, 0) is 24.0 Å². The largest absolute Gasteiger partial charge is 0.456 e. The van der Waals surface area contributed by atoms with Crippen LogP contribution < -0.4 is 5.32 Å². The fraction of sp³-hybridized carbons (Fsp3) is 0.348. The lowest BCUT2D eigenvalue weighted by Gasteiger charge is -2.27. The Morgan fingerprint density at radius 1 is 1.04 bits per heavy atom. The lowest BCUT2D eigenvalue weighted by atomic mass is 9.88. The van der Waals surface area contributed by atoms with E-state index in [-0.39, 0.29) is 18.3 Å². The Labute approximate surface area is 166 Å². The topological polar surface area (TPSA) is 79.2 Å². The summed E-state index contributed by atoms with van der Waals surface area (Å²) in [6, 6.07) is 21.6. The van der Waals surface area contributed by atoms with E-state index < -0.39 is 24.0 Å². The van der Waals surface area contributed by atoms with Crippen molar-refractivity contribution < 1.29 is 14.3 Å². The zero-order valence-electron chi connectivity index (χ0n) is 16.5. The van der Waals surface area contributed by atoms with Crippen LogP contribution >= 0.6 is 0 Å². The van der Waals surface area contributed by atoms with E-state index in [0.29, 0.717) is 0 Å². The first-order chi connectivity index (χ1) is 13.4. The normalized spacial score (nSPS) is 12.9. The van der Waals surface area contributed by atoms with Crippen LogP contribution in [0.1, 0.15) is 44.2 Å². The SMILES string of the molecule is CC(C)[C@](C)(C#N)NC(=O)COC(=O)CC(c1ccccc1)c1ccccc1. The van der Waals surface area contributed by atoms with Gasteiger partial charge in [0.25, 0.3) is 5.91 Å². The quantitative estimate of drug-likeness (QED) is 0.709. The Morgan fingerprint density at radius 3 is 1.96 bits per heavy atom. The number of rotatable bonds is 8. The van der Waals surface area contributed by atoms with Crippen molar-refractivity contribution in [2.45, 2.75) is 38.6 Å². The lowest BCUT2D eigenvalue weighted by molar-refractivity contribution is -0.149. The van der Waals surface area contributed by atoms with E-state index >= 15 is 0 Å². The van der Waals surface area contributed by atoms with Crippen LogP contribution in [-0.4, -0.2) is 24.0 Å². The van der Waals surface area contributed by atoms with Gasteiger partial charge in [0, 0.05) is 5.92 Å². The van der Waals surface area contributed by atoms with E-state index in [9.17, 15) is 14.9 Å². The minimum atomic E-state index is -1.000. The van der Waals surface area contributed by atoms with E-state index in [4.69, 9.17) is 4.74 Å². The summed E-state index contributed by atoms with van der Waals surface area (Å²) in [4.78, 5) is 24.5. The summed E-state index contributed by atoms with van der Waals surface area (Å²) in [5, 5.41) is 11.9. The molecule has 0 aliphatic heterocycles. The summed E-state index contributed by atoms with van der Waals surface area (Å²) in [6.07, 6.45) is 0.126. The maximum Gasteiger partial charge on any atom is 0.307 e. The van der Waals surface area contributed by atoms with E-state index in [0.717, 1.165) is 11.1 Å². The number of carbonyl (C=O) groups excluding carboxylic acids is 2. The predicted molar refractivity (Wildman–Crippen MR) is 107 cm³/mol. The van der Waals surface area contributed by atoms with Gasteiger partial charge in [0.2, 0.25) is 0 Å². The van der Waals surface area contributed by atoms with E-state index in [1.54, 1.807) is 6.92 Å². The van der Waals surface area contributed by atoms with Crippen LogP contribution in [0.2, 0.25) is 0 Å². The number of nitrogens with zero attached hydrogens (tertiary/aromatic N) is 1. The molecule has 1 amide bonds. The van der Waals surface area contributed by atoms with Crippen molar-refractivity contribution in [3.05, 3.63) is 71.8 Å². The molecule has 0 heterocycles. The second-order valence-corrected chi connectivity index (χ2v) is 7.26. The van der Waals surface area contributed by atoms with Gasteiger partial charge in [-0.15, -0.1) is 0 Å². The smallest absolute Gasteiger partial charge is 0.307 e. The Kier molecular flexibility index (Phi) is 7.34. The van der Waals surface area contributed by atoms with E-state index in [1.807, 2.05) is 74.5 Å². The Bertz CT molecular complexity index is 788. The molecule has 0 bridgehead atoms. The monoisotopic (exact) mass is 378 g/mol. The van der Waals surface area contributed by atoms with Gasteiger partial charge < -0.3 is 10.1 Å². The molecule has 1 N–H and O–H groups in total. The molecular formula is C23H26N2O3. The number of amides is 1. The first-order valence-electron chi connectivity index (χ1n) is 9.33. The van der Waals surface area contributed by atoms with Crippen molar-refractivity contribution in [1.82, 2.24) is 5.32 Å². The van der Waals surface area contributed by atoms with Crippen molar-refractivity contribution in [2.75, 3.05) is 6.61 Å². The number of carbonyl (C=O) groups is 2. The molecule has 0 radical (unpaired) electrons. The van der Waals surface area contributed by atoms with Gasteiger partial charge in [-0.25, -0.2) is 0 Å². The highest BCUT2D eigenvalue weighted by molar-refractivity contribution is 5.81. The van der Waals surface area contributed by atoms with Gasteiger partial charge in [0.15, 0.2) is 6.61 Å². The third kappa shape index (κ3) is 5.68. The van der Waals surface area contributed by atoms with Crippen LogP contribution in [0.5, 0.6) is 0 Å². The van der Waals surface area contributed by atoms with Gasteiger partial charge in [-0.3, -0.25) is 9.59 Å². The molecule has 146 valence electrons. The molecule has 0 aliphatic carbocycles. The molecule has 0 fully saturated rings. The molecule has 2 aromatic carbocycles. The highest BCUT2D eigenvalue weighted by Crippen LogP contribution is 2.28. The minimum absolute atomic E-state index is 0.0716. The maximum atomic E-state index is 12.4. The van der Waals surface area contributed by atoms with Gasteiger partial charge in [-0.1, -0.05) is 74.5 Å². The van der Waals surface area contributed by atoms with Crippen LogP contribution in [0.4, 0.5) is 0 Å². The molecular weight excluding hydrogens is 352 g/mol. The fourth-order valence-corrected chi connectivity index (χ4v) is 2.80. The fourth-order valence-electron chi connectivity index (χ4n) is 2.80. The third-order valence-corrected chi connectivity index (χ3v) is 4.92. The van der Waals surface area contributed by atoms with Crippen molar-refractivity contribution in [2.24, 2.45) is 5.92 Å². The maximum absolute atomic E-state index is 12.4. The predicted octanol–water partition coefficient (Wildman–Crippen LogP) is 3.81.